The van der Waals surface area contributed by atoms with Gasteiger partial charge in [-0.2, -0.15) is 0 Å². The van der Waals surface area contributed by atoms with Crippen molar-refractivity contribution in [3.8, 4) is 23.0 Å². The van der Waals surface area contributed by atoms with Gasteiger partial charge in [0.2, 0.25) is 0 Å². The first-order chi connectivity index (χ1) is 32.4. The Bertz CT molecular complexity index is 2250. The lowest BCUT2D eigenvalue weighted by Crippen LogP contribution is -2.49. The molecule has 0 bridgehead atoms. The Labute approximate surface area is 404 Å². The highest BCUT2D eigenvalue weighted by Crippen LogP contribution is 2.49. The molecule has 0 fully saturated rings. The minimum absolute atomic E-state index is 0.0265. The number of rotatable bonds is 24. The van der Waals surface area contributed by atoms with E-state index in [9.17, 15) is 24.9 Å². The molecule has 2 aromatic carbocycles. The predicted octanol–water partition coefficient (Wildman–Crippen LogP) is 9.46. The molecule has 5 atom stereocenters. The minimum Gasteiger partial charge on any atom is -0.484 e. The lowest BCUT2D eigenvalue weighted by atomic mass is 9.84. The summed E-state index contributed by atoms with van der Waals surface area (Å²) in [6.45, 7) is 17.1. The van der Waals surface area contributed by atoms with Crippen LogP contribution >= 0.6 is 0 Å². The highest BCUT2D eigenvalue weighted by Gasteiger charge is 2.47. The van der Waals surface area contributed by atoms with E-state index in [0.717, 1.165) is 49.7 Å². The van der Waals surface area contributed by atoms with Crippen LogP contribution < -0.4 is 18.9 Å². The van der Waals surface area contributed by atoms with E-state index in [1.54, 1.807) is 21.9 Å². The van der Waals surface area contributed by atoms with Crippen LogP contribution in [0.2, 0.25) is 0 Å². The molecule has 4 aliphatic heterocycles. The molecule has 68 heavy (non-hydrogen) atoms. The molecule has 2 aromatic rings. The van der Waals surface area contributed by atoms with Gasteiger partial charge in [0, 0.05) is 55.9 Å². The maximum absolute atomic E-state index is 14.3. The van der Waals surface area contributed by atoms with Gasteiger partial charge in [-0.05, 0) is 132 Å². The summed E-state index contributed by atoms with van der Waals surface area (Å²) in [4.78, 5) is 31.9. The fraction of sp³-hybridized carbons (Fsp3) is 0.600. The van der Waals surface area contributed by atoms with Crippen molar-refractivity contribution >= 4 is 11.8 Å². The normalized spacial score (nSPS) is 22.5. The van der Waals surface area contributed by atoms with Gasteiger partial charge < -0.3 is 53.5 Å². The summed E-state index contributed by atoms with van der Waals surface area (Å²) in [5, 5.41) is 33.9. The van der Waals surface area contributed by atoms with Crippen LogP contribution in [-0.4, -0.2) is 107 Å². The Morgan fingerprint density at radius 2 is 1.18 bits per heavy atom. The number of hydrogen-bond acceptors (Lipinski definition) is 11. The number of carbonyl (C=O) groups excluding carboxylic acids is 2. The summed E-state index contributed by atoms with van der Waals surface area (Å²) in [6, 6.07) is 2.92. The number of benzene rings is 2. The van der Waals surface area contributed by atoms with E-state index >= 15 is 0 Å². The van der Waals surface area contributed by atoms with E-state index in [4.69, 9.17) is 28.4 Å². The van der Waals surface area contributed by atoms with Gasteiger partial charge in [0.15, 0.2) is 13.6 Å². The van der Waals surface area contributed by atoms with E-state index in [0.29, 0.717) is 90.4 Å². The van der Waals surface area contributed by atoms with Crippen LogP contribution in [0.3, 0.4) is 0 Å². The van der Waals surface area contributed by atoms with Crippen molar-refractivity contribution in [2.75, 3.05) is 41.0 Å². The third kappa shape index (κ3) is 12.2. The van der Waals surface area contributed by atoms with Crippen LogP contribution in [0.1, 0.15) is 163 Å². The summed E-state index contributed by atoms with van der Waals surface area (Å²) < 4.78 is 36.0. The topological polar surface area (TPSA) is 157 Å². The number of ether oxygens (including phenoxy) is 6. The maximum atomic E-state index is 14.3. The predicted molar refractivity (Wildman–Crippen MR) is 263 cm³/mol. The fourth-order valence-corrected chi connectivity index (χ4v) is 9.89. The van der Waals surface area contributed by atoms with E-state index in [-0.39, 0.29) is 45.0 Å². The average molecular weight is 943 g/mol. The van der Waals surface area contributed by atoms with Crippen molar-refractivity contribution < 1.29 is 53.3 Å². The van der Waals surface area contributed by atoms with Gasteiger partial charge in [-0.25, -0.2) is 0 Å². The Morgan fingerprint density at radius 3 is 1.63 bits per heavy atom. The van der Waals surface area contributed by atoms with E-state index in [2.05, 4.69) is 65.8 Å². The molecule has 0 saturated carbocycles. The first kappa shape index (κ1) is 52.7. The summed E-state index contributed by atoms with van der Waals surface area (Å²) in [6.07, 6.45) is 15.4. The average Bonchev–Trinajstić information content (AvgIpc) is 3.78. The SMILES string of the molecule is COCOc1cc2c(c3c1C[C@H](O)[C@@](C)(CC/C=C(\C)CCC=C(C)C)O3)CN(CCC[C@@H](CO)N1Cc3c(cc(OCOC)c4c3O[C@](C)(CC/C=C(\C)CCC=C(C)C)[C@@H](O)C4)C1=O)C2=O. The van der Waals surface area contributed by atoms with Crippen LogP contribution in [0.4, 0.5) is 0 Å². The monoisotopic (exact) mass is 943 g/mol. The molecular formula is C55H78N2O11. The second-order valence-corrected chi connectivity index (χ2v) is 20.2. The van der Waals surface area contributed by atoms with Crippen molar-refractivity contribution in [2.24, 2.45) is 0 Å². The van der Waals surface area contributed by atoms with E-state index < -0.39 is 29.5 Å². The minimum atomic E-state index is -0.912. The first-order valence-electron chi connectivity index (χ1n) is 24.6. The lowest BCUT2D eigenvalue weighted by molar-refractivity contribution is -0.0607. The maximum Gasteiger partial charge on any atom is 0.255 e. The Morgan fingerprint density at radius 1 is 0.706 bits per heavy atom. The van der Waals surface area contributed by atoms with Gasteiger partial charge in [0.05, 0.1) is 49.1 Å². The quantitative estimate of drug-likeness (QED) is 0.0681. The second-order valence-electron chi connectivity index (χ2n) is 20.2. The van der Waals surface area contributed by atoms with E-state index in [1.165, 1.54) is 36.5 Å². The largest absolute Gasteiger partial charge is 0.484 e. The zero-order valence-electron chi connectivity index (χ0n) is 42.4. The van der Waals surface area contributed by atoms with Gasteiger partial charge in [-0.3, -0.25) is 9.59 Å². The van der Waals surface area contributed by atoms with Gasteiger partial charge >= 0.3 is 0 Å². The third-order valence-electron chi connectivity index (χ3n) is 14.2. The molecule has 3 N–H and O–H groups in total. The molecule has 374 valence electrons. The Kier molecular flexibility index (Phi) is 18.1. The van der Waals surface area contributed by atoms with Gasteiger partial charge in [-0.1, -0.05) is 46.6 Å². The number of amides is 2. The molecule has 0 radical (unpaired) electrons. The molecule has 13 nitrogen and oxygen atoms in total. The highest BCUT2D eigenvalue weighted by molar-refractivity contribution is 6.01. The first-order valence-corrected chi connectivity index (χ1v) is 24.6. The van der Waals surface area contributed by atoms with Crippen molar-refractivity contribution in [3.63, 3.8) is 0 Å². The number of fused-ring (bicyclic) bond motifs is 6. The number of methoxy groups -OCH3 is 2. The molecular weight excluding hydrogens is 865 g/mol. The van der Waals surface area contributed by atoms with Crippen LogP contribution in [0.5, 0.6) is 23.0 Å². The Balaban J connectivity index is 1.15. The summed E-state index contributed by atoms with van der Waals surface area (Å²) in [5.74, 6) is 1.60. The number of aliphatic hydroxyl groups is 3. The summed E-state index contributed by atoms with van der Waals surface area (Å²) in [7, 11) is 3.06. The van der Waals surface area contributed by atoms with Crippen LogP contribution in [0, 0.1) is 0 Å². The zero-order chi connectivity index (χ0) is 49.3. The standard InChI is InChI=1S/C55H78N2O11/c1-35(2)16-11-18-37(5)20-13-23-54(7)48(59)28-42-46(65-33-63-9)26-40-44(50(42)67-54)30-56(52(40)61)25-15-22-39(32-58)57-31-45-41(53(57)62)27-47(66-34-64-10)43-29-49(60)55(8,68-51(43)45)24-14-21-38(6)19-12-17-36(3)4/h16-17,20-21,26-27,39,48-49,58-60H,11-15,18-19,22-25,28-34H2,1-10H3/b37-20+,38-21+/t39-,48-,49-,54+,55+/m0/s1. The molecule has 13 heteroatoms. The molecule has 4 aliphatic rings. The van der Waals surface area contributed by atoms with Crippen LogP contribution in [0.15, 0.2) is 58.7 Å². The van der Waals surface area contributed by atoms with Crippen molar-refractivity contribution in [1.29, 1.82) is 0 Å². The number of hydrogen-bond donors (Lipinski definition) is 3. The molecule has 4 heterocycles. The number of allylic oxidation sites excluding steroid dienone is 8. The molecule has 2 amide bonds. The number of carbonyl (C=O) groups is 2. The van der Waals surface area contributed by atoms with E-state index in [1.807, 2.05) is 13.8 Å². The highest BCUT2D eigenvalue weighted by atomic mass is 16.7. The second kappa shape index (κ2) is 23.3. The third-order valence-corrected chi connectivity index (χ3v) is 14.2. The Hall–Kier alpha value is -4.66. The number of nitrogens with zero attached hydrogens (tertiary/aromatic N) is 2. The van der Waals surface area contributed by atoms with Crippen LogP contribution in [0.25, 0.3) is 0 Å². The molecule has 0 aliphatic carbocycles. The van der Waals surface area contributed by atoms with Crippen molar-refractivity contribution in [3.05, 3.63) is 92.1 Å². The van der Waals surface area contributed by atoms with Crippen molar-refractivity contribution in [2.45, 2.75) is 175 Å². The van der Waals surface area contributed by atoms with Gasteiger partial charge in [-0.15, -0.1) is 0 Å². The number of aliphatic hydroxyl groups excluding tert-OH is 3. The molecule has 6 rings (SSSR count). The van der Waals surface area contributed by atoms with Crippen molar-refractivity contribution in [1.82, 2.24) is 9.80 Å². The fourth-order valence-electron chi connectivity index (χ4n) is 9.89. The van der Waals surface area contributed by atoms with Crippen LogP contribution in [-0.2, 0) is 35.4 Å². The van der Waals surface area contributed by atoms with Gasteiger partial charge in [0.1, 0.15) is 34.2 Å². The molecule has 0 saturated heterocycles. The van der Waals surface area contributed by atoms with Gasteiger partial charge in [0.25, 0.3) is 11.8 Å². The molecule has 0 aromatic heterocycles. The smallest absolute Gasteiger partial charge is 0.255 e. The summed E-state index contributed by atoms with van der Waals surface area (Å²) in [5.41, 5.74) is 7.21. The lowest BCUT2D eigenvalue weighted by Gasteiger charge is -2.41. The molecule has 0 spiro atoms. The summed E-state index contributed by atoms with van der Waals surface area (Å²) >= 11 is 0. The zero-order valence-corrected chi connectivity index (χ0v) is 42.4. The molecule has 0 unspecified atom stereocenters.